The van der Waals surface area contributed by atoms with E-state index < -0.39 is 23.6 Å². The summed E-state index contributed by atoms with van der Waals surface area (Å²) in [4.78, 5) is 15.5. The van der Waals surface area contributed by atoms with E-state index in [1.807, 2.05) is 0 Å². The zero-order chi connectivity index (χ0) is 19.8. The van der Waals surface area contributed by atoms with Crippen LogP contribution in [0.25, 0.3) is 10.9 Å². The number of hydrogen-bond acceptors (Lipinski definition) is 3. The van der Waals surface area contributed by atoms with E-state index in [0.717, 1.165) is 17.7 Å². The molecule has 0 bridgehead atoms. The normalized spacial score (nSPS) is 24.7. The second-order valence-electron chi connectivity index (χ2n) is 7.21. The summed E-state index contributed by atoms with van der Waals surface area (Å²) in [5.41, 5.74) is 0.585. The Morgan fingerprint density at radius 2 is 2.04 bits per heavy atom. The molecule has 0 radical (unpaired) electrons. The molecule has 1 N–H and O–H groups in total. The van der Waals surface area contributed by atoms with Gasteiger partial charge in [0, 0.05) is 24.6 Å². The summed E-state index contributed by atoms with van der Waals surface area (Å²) in [6.07, 6.45) is -1.14. The first-order valence-electron chi connectivity index (χ1n) is 8.93. The molecule has 1 fully saturated rings. The minimum absolute atomic E-state index is 0.0115. The number of alkyl halides is 3. The Morgan fingerprint density at radius 1 is 1.30 bits per heavy atom. The van der Waals surface area contributed by atoms with Gasteiger partial charge in [0.05, 0.1) is 23.1 Å². The number of aliphatic carboxylic acids is 1. The minimum atomic E-state index is -4.42. The summed E-state index contributed by atoms with van der Waals surface area (Å²) >= 11 is 0. The van der Waals surface area contributed by atoms with Gasteiger partial charge < -0.3 is 9.84 Å². The van der Waals surface area contributed by atoms with Crippen molar-refractivity contribution in [1.29, 1.82) is 0 Å². The van der Waals surface area contributed by atoms with Crippen LogP contribution >= 0.6 is 0 Å². The largest absolute Gasteiger partial charge is 0.481 e. The lowest BCUT2D eigenvalue weighted by Gasteiger charge is -2.37. The molecule has 1 aromatic heterocycles. The standard InChI is InChI=1S/C20H22F3NO3/c1-11(19(25)26)12-3-5-15(18(9-12)27-2)14-7-8-24-17-6-4-13(10-16(14)17)20(21,22)23/h4,6-8,10-12,15,18H,3,5,9H2,1-2H3,(H,25,26)/t11?,12-,15-,18-/m0/s1. The Hall–Kier alpha value is -2.15. The molecule has 0 saturated heterocycles. The van der Waals surface area contributed by atoms with Crippen molar-refractivity contribution >= 4 is 16.9 Å². The van der Waals surface area contributed by atoms with Gasteiger partial charge in [0.25, 0.3) is 0 Å². The Balaban J connectivity index is 1.98. The van der Waals surface area contributed by atoms with Crippen molar-refractivity contribution in [3.8, 4) is 0 Å². The van der Waals surface area contributed by atoms with Crippen molar-refractivity contribution < 1.29 is 27.8 Å². The Bertz CT molecular complexity index is 837. The molecule has 4 nitrogen and oxygen atoms in total. The number of ether oxygens (including phenoxy) is 1. The summed E-state index contributed by atoms with van der Waals surface area (Å²) in [6.45, 7) is 1.69. The maximum absolute atomic E-state index is 13.1. The number of fused-ring (bicyclic) bond motifs is 1. The number of methoxy groups -OCH3 is 1. The van der Waals surface area contributed by atoms with Gasteiger partial charge in [-0.1, -0.05) is 6.92 Å². The molecule has 4 atom stereocenters. The maximum Gasteiger partial charge on any atom is 0.416 e. The van der Waals surface area contributed by atoms with Crippen molar-refractivity contribution in [2.45, 2.75) is 44.4 Å². The highest BCUT2D eigenvalue weighted by Crippen LogP contribution is 2.43. The molecule has 0 amide bonds. The third-order valence-corrected chi connectivity index (χ3v) is 5.73. The van der Waals surface area contributed by atoms with Gasteiger partial charge in [-0.2, -0.15) is 13.2 Å². The lowest BCUT2D eigenvalue weighted by atomic mass is 9.72. The molecule has 1 aliphatic carbocycles. The fourth-order valence-corrected chi connectivity index (χ4v) is 4.10. The van der Waals surface area contributed by atoms with Crippen molar-refractivity contribution in [2.24, 2.45) is 11.8 Å². The molecule has 27 heavy (non-hydrogen) atoms. The number of carboxylic acids is 1. The molecule has 1 aliphatic rings. The number of benzene rings is 1. The molecule has 2 aromatic rings. The average Bonchev–Trinajstić information content (AvgIpc) is 2.65. The second kappa shape index (κ2) is 7.46. The number of hydrogen-bond donors (Lipinski definition) is 1. The van der Waals surface area contributed by atoms with Crippen LogP contribution in [-0.2, 0) is 15.7 Å². The lowest BCUT2D eigenvalue weighted by Crippen LogP contribution is -2.34. The van der Waals surface area contributed by atoms with Crippen LogP contribution < -0.4 is 0 Å². The fourth-order valence-electron chi connectivity index (χ4n) is 4.10. The van der Waals surface area contributed by atoms with Gasteiger partial charge in [-0.05, 0) is 55.0 Å². The van der Waals surface area contributed by atoms with Crippen LogP contribution in [0.4, 0.5) is 13.2 Å². The van der Waals surface area contributed by atoms with Crippen molar-refractivity contribution in [3.63, 3.8) is 0 Å². The van der Waals surface area contributed by atoms with Crippen molar-refractivity contribution in [1.82, 2.24) is 4.98 Å². The lowest BCUT2D eigenvalue weighted by molar-refractivity contribution is -0.144. The molecule has 0 aliphatic heterocycles. The number of rotatable bonds is 4. The zero-order valence-corrected chi connectivity index (χ0v) is 15.2. The van der Waals surface area contributed by atoms with Gasteiger partial charge in [-0.15, -0.1) is 0 Å². The molecule has 1 heterocycles. The fraction of sp³-hybridized carbons (Fsp3) is 0.500. The smallest absolute Gasteiger partial charge is 0.416 e. The predicted molar refractivity (Wildman–Crippen MR) is 94.4 cm³/mol. The SMILES string of the molecule is CO[C@H]1C[C@@H](C(C)C(=O)O)CC[C@H]1c1ccnc2ccc(C(F)(F)F)cc12. The summed E-state index contributed by atoms with van der Waals surface area (Å²) in [5.74, 6) is -1.42. The van der Waals surface area contributed by atoms with Crippen LogP contribution in [0.1, 0.15) is 43.2 Å². The molecule has 146 valence electrons. The molecular formula is C20H22F3NO3. The summed E-state index contributed by atoms with van der Waals surface area (Å²) in [5, 5.41) is 9.74. The van der Waals surface area contributed by atoms with E-state index in [9.17, 15) is 23.1 Å². The van der Waals surface area contributed by atoms with Crippen LogP contribution in [0.5, 0.6) is 0 Å². The minimum Gasteiger partial charge on any atom is -0.481 e. The van der Waals surface area contributed by atoms with E-state index >= 15 is 0 Å². The highest BCUT2D eigenvalue weighted by atomic mass is 19.4. The van der Waals surface area contributed by atoms with Crippen molar-refractivity contribution in [3.05, 3.63) is 41.6 Å². The summed E-state index contributed by atoms with van der Waals surface area (Å²) < 4.78 is 45.1. The van der Waals surface area contributed by atoms with Crippen molar-refractivity contribution in [2.75, 3.05) is 7.11 Å². The first kappa shape index (κ1) is 19.6. The highest BCUT2D eigenvalue weighted by Gasteiger charge is 2.37. The average molecular weight is 381 g/mol. The quantitative estimate of drug-likeness (QED) is 0.821. The Labute approximate surface area is 155 Å². The zero-order valence-electron chi connectivity index (χ0n) is 15.2. The second-order valence-corrected chi connectivity index (χ2v) is 7.21. The van der Waals surface area contributed by atoms with E-state index in [1.165, 1.54) is 6.07 Å². The van der Waals surface area contributed by atoms with Crippen LogP contribution in [0.15, 0.2) is 30.5 Å². The van der Waals surface area contributed by atoms with E-state index in [-0.39, 0.29) is 17.9 Å². The third kappa shape index (κ3) is 3.93. The molecule has 7 heteroatoms. The molecule has 1 unspecified atom stereocenters. The third-order valence-electron chi connectivity index (χ3n) is 5.73. The number of aromatic nitrogens is 1. The first-order chi connectivity index (χ1) is 12.7. The van der Waals surface area contributed by atoms with Crippen LogP contribution in [0, 0.1) is 11.8 Å². The van der Waals surface area contributed by atoms with Crippen LogP contribution in [-0.4, -0.2) is 29.3 Å². The van der Waals surface area contributed by atoms with E-state index in [1.54, 1.807) is 26.3 Å². The molecular weight excluding hydrogens is 359 g/mol. The molecule has 1 saturated carbocycles. The predicted octanol–water partition coefficient (Wildman–Crippen LogP) is 4.87. The van der Waals surface area contributed by atoms with Crippen LogP contribution in [0.3, 0.4) is 0 Å². The van der Waals surface area contributed by atoms with Crippen LogP contribution in [0.2, 0.25) is 0 Å². The van der Waals surface area contributed by atoms with Gasteiger partial charge >= 0.3 is 12.1 Å². The van der Waals surface area contributed by atoms with Gasteiger partial charge in [0.1, 0.15) is 0 Å². The summed E-state index contributed by atoms with van der Waals surface area (Å²) in [7, 11) is 1.57. The number of carbonyl (C=O) groups is 1. The molecule has 0 spiro atoms. The van der Waals surface area contributed by atoms with E-state index in [0.29, 0.717) is 30.2 Å². The number of carboxylic acid groups (broad SMARTS) is 1. The van der Waals surface area contributed by atoms with Gasteiger partial charge in [0.2, 0.25) is 0 Å². The molecule has 3 rings (SSSR count). The molecule has 1 aromatic carbocycles. The Morgan fingerprint density at radius 3 is 2.67 bits per heavy atom. The van der Waals surface area contributed by atoms with Gasteiger partial charge in [0.15, 0.2) is 0 Å². The number of nitrogens with zero attached hydrogens (tertiary/aromatic N) is 1. The monoisotopic (exact) mass is 381 g/mol. The maximum atomic E-state index is 13.1. The first-order valence-corrected chi connectivity index (χ1v) is 8.93. The Kier molecular flexibility index (Phi) is 5.42. The summed E-state index contributed by atoms with van der Waals surface area (Å²) in [6, 6.07) is 5.33. The number of pyridine rings is 1. The number of halogens is 3. The van der Waals surface area contributed by atoms with Gasteiger partial charge in [-0.25, -0.2) is 0 Å². The van der Waals surface area contributed by atoms with E-state index in [2.05, 4.69) is 4.98 Å². The van der Waals surface area contributed by atoms with E-state index in [4.69, 9.17) is 4.74 Å². The topological polar surface area (TPSA) is 59.4 Å². The highest BCUT2D eigenvalue weighted by molar-refractivity contribution is 5.83. The van der Waals surface area contributed by atoms with Gasteiger partial charge in [-0.3, -0.25) is 9.78 Å².